The summed E-state index contributed by atoms with van der Waals surface area (Å²) in [6.45, 7) is 13.8. The second kappa shape index (κ2) is 11.4. The molecule has 1 fully saturated rings. The van der Waals surface area contributed by atoms with Crippen molar-refractivity contribution in [3.63, 3.8) is 0 Å². The van der Waals surface area contributed by atoms with Gasteiger partial charge in [-0.25, -0.2) is 0 Å². The number of ketones is 1. The first kappa shape index (κ1) is 30.9. The highest BCUT2D eigenvalue weighted by Gasteiger charge is 2.67. The lowest BCUT2D eigenvalue weighted by Gasteiger charge is -2.61. The van der Waals surface area contributed by atoms with Crippen LogP contribution in [0.25, 0.3) is 0 Å². The molecule has 3 aliphatic carbocycles. The lowest BCUT2D eigenvalue weighted by molar-refractivity contribution is -0.176. The minimum absolute atomic E-state index is 0.139. The Morgan fingerprint density at radius 1 is 1.21 bits per heavy atom. The van der Waals surface area contributed by atoms with Gasteiger partial charge in [-0.3, -0.25) is 14.4 Å². The van der Waals surface area contributed by atoms with E-state index in [9.17, 15) is 24.6 Å². The van der Waals surface area contributed by atoms with Gasteiger partial charge in [0.25, 0.3) is 0 Å². The SMILES string of the molecule is CC(C)c1ccoc1.CCC(C(=O)OC)[C@@H]1[C@@]2(C)C(=O)C=C[C@@](C)(C(=O)O)[C@@H]2CC[C@@]1(C)C1=C(C)CC[C@H]1O. The van der Waals surface area contributed by atoms with Crippen molar-refractivity contribution in [1.82, 2.24) is 0 Å². The molecule has 0 bridgehead atoms. The fourth-order valence-electron chi connectivity index (χ4n) is 8.03. The molecule has 4 rings (SSSR count). The Bertz CT molecular complexity index is 1130. The van der Waals surface area contributed by atoms with E-state index >= 15 is 0 Å². The predicted octanol–water partition coefficient (Wildman–Crippen LogP) is 6.33. The molecule has 0 aliphatic heterocycles. The van der Waals surface area contributed by atoms with Gasteiger partial charge in [-0.15, -0.1) is 0 Å². The fourth-order valence-corrected chi connectivity index (χ4v) is 8.03. The molecule has 0 aromatic carbocycles. The van der Waals surface area contributed by atoms with Crippen LogP contribution in [0.1, 0.15) is 92.1 Å². The zero-order chi connectivity index (χ0) is 29.3. The number of carboxylic acid groups (broad SMARTS) is 1. The van der Waals surface area contributed by atoms with Gasteiger partial charge in [0.05, 0.1) is 37.1 Å². The Morgan fingerprint density at radius 2 is 1.87 bits per heavy atom. The van der Waals surface area contributed by atoms with Crippen molar-refractivity contribution in [1.29, 1.82) is 0 Å². The first-order chi connectivity index (χ1) is 18.2. The maximum absolute atomic E-state index is 13.6. The van der Waals surface area contributed by atoms with Crippen LogP contribution in [0.15, 0.2) is 46.3 Å². The highest BCUT2D eigenvalue weighted by Crippen LogP contribution is 2.67. The van der Waals surface area contributed by atoms with Crippen LogP contribution in [0.4, 0.5) is 0 Å². The average molecular weight is 543 g/mol. The molecule has 7 atom stereocenters. The molecule has 7 nitrogen and oxygen atoms in total. The zero-order valence-electron chi connectivity index (χ0n) is 24.7. The lowest BCUT2D eigenvalue weighted by atomic mass is 9.40. The molecule has 1 saturated carbocycles. The average Bonchev–Trinajstić information content (AvgIpc) is 3.54. The molecule has 0 saturated heterocycles. The van der Waals surface area contributed by atoms with E-state index in [1.165, 1.54) is 24.8 Å². The highest BCUT2D eigenvalue weighted by molar-refractivity contribution is 5.99. The summed E-state index contributed by atoms with van der Waals surface area (Å²) >= 11 is 0. The summed E-state index contributed by atoms with van der Waals surface area (Å²) in [5.74, 6) is -2.40. The van der Waals surface area contributed by atoms with Crippen molar-refractivity contribution in [3.8, 4) is 0 Å². The van der Waals surface area contributed by atoms with Crippen molar-refractivity contribution in [2.45, 2.75) is 92.6 Å². The van der Waals surface area contributed by atoms with Crippen LogP contribution in [0, 0.1) is 34.0 Å². The Hall–Kier alpha value is -2.67. The molecule has 1 aromatic rings. The van der Waals surface area contributed by atoms with Gasteiger partial charge in [-0.05, 0) is 92.4 Å². The number of fused-ring (bicyclic) bond motifs is 1. The summed E-state index contributed by atoms with van der Waals surface area (Å²) < 4.78 is 10.0. The van der Waals surface area contributed by atoms with Gasteiger partial charge in [0.15, 0.2) is 5.78 Å². The largest absolute Gasteiger partial charge is 0.481 e. The first-order valence-electron chi connectivity index (χ1n) is 14.1. The van der Waals surface area contributed by atoms with E-state index in [2.05, 4.69) is 20.8 Å². The van der Waals surface area contributed by atoms with Crippen molar-refractivity contribution >= 4 is 17.7 Å². The molecule has 0 spiro atoms. The van der Waals surface area contributed by atoms with Crippen molar-refractivity contribution in [2.75, 3.05) is 7.11 Å². The number of ether oxygens (including phenoxy) is 1. The number of hydrogen-bond acceptors (Lipinski definition) is 6. The van der Waals surface area contributed by atoms with E-state index in [1.54, 1.807) is 19.5 Å². The molecule has 0 radical (unpaired) electrons. The third kappa shape index (κ3) is 5.15. The quantitative estimate of drug-likeness (QED) is 0.319. The number of methoxy groups -OCH3 is 1. The highest BCUT2D eigenvalue weighted by atomic mass is 16.5. The molecule has 39 heavy (non-hydrogen) atoms. The number of esters is 1. The van der Waals surface area contributed by atoms with Crippen LogP contribution in [-0.4, -0.2) is 41.1 Å². The van der Waals surface area contributed by atoms with Gasteiger partial charge < -0.3 is 19.4 Å². The van der Waals surface area contributed by atoms with Crippen molar-refractivity contribution < 1.29 is 33.8 Å². The van der Waals surface area contributed by atoms with Crippen LogP contribution < -0.4 is 0 Å². The third-order valence-corrected chi connectivity index (χ3v) is 10.1. The fraction of sp³-hybridized carbons (Fsp3) is 0.656. The van der Waals surface area contributed by atoms with E-state index in [4.69, 9.17) is 9.15 Å². The van der Waals surface area contributed by atoms with Gasteiger partial charge in [0.2, 0.25) is 0 Å². The Morgan fingerprint density at radius 3 is 2.31 bits per heavy atom. The van der Waals surface area contributed by atoms with E-state index in [0.29, 0.717) is 31.6 Å². The predicted molar refractivity (Wildman–Crippen MR) is 149 cm³/mol. The van der Waals surface area contributed by atoms with Crippen LogP contribution >= 0.6 is 0 Å². The minimum Gasteiger partial charge on any atom is -0.481 e. The van der Waals surface area contributed by atoms with E-state index < -0.39 is 46.1 Å². The molecular weight excluding hydrogens is 496 g/mol. The summed E-state index contributed by atoms with van der Waals surface area (Å²) in [5, 5.41) is 21.0. The van der Waals surface area contributed by atoms with Crippen molar-refractivity contribution in [3.05, 3.63) is 47.5 Å². The lowest BCUT2D eigenvalue weighted by Crippen LogP contribution is -2.63. The van der Waals surface area contributed by atoms with E-state index in [-0.39, 0.29) is 11.8 Å². The molecule has 0 amide bonds. The van der Waals surface area contributed by atoms with Gasteiger partial charge >= 0.3 is 11.9 Å². The first-order valence-corrected chi connectivity index (χ1v) is 14.1. The summed E-state index contributed by atoms with van der Waals surface area (Å²) in [6.07, 6.45) is 8.84. The molecular formula is C32H46O7. The van der Waals surface area contributed by atoms with Crippen LogP contribution in [-0.2, 0) is 19.1 Å². The third-order valence-electron chi connectivity index (χ3n) is 10.1. The zero-order valence-corrected chi connectivity index (χ0v) is 24.7. The number of carboxylic acids is 1. The number of aliphatic carboxylic acids is 1. The second-order valence-electron chi connectivity index (χ2n) is 12.6. The normalized spacial score (nSPS) is 34.8. The summed E-state index contributed by atoms with van der Waals surface area (Å²) in [5.41, 5.74) is 0.430. The molecule has 3 aliphatic rings. The molecule has 1 unspecified atom stereocenters. The maximum Gasteiger partial charge on any atom is 0.313 e. The Balaban J connectivity index is 0.000000449. The topological polar surface area (TPSA) is 114 Å². The molecule has 1 heterocycles. The van der Waals surface area contributed by atoms with Gasteiger partial charge in [-0.1, -0.05) is 46.3 Å². The number of aliphatic hydroxyl groups is 1. The standard InChI is InChI=1S/C25H36O6.C7H10O/c1-7-15(21(28)31-6)20-24(4,19-14(2)8-9-16(19)26)12-10-17-23(3,22(29)30)13-11-18(27)25(17,20)5;1-6(2)7-3-4-8-5-7/h11,13,15-17,20,26H,7-10,12H2,1-6H3,(H,29,30);3-6H,1-2H3/t15?,16-,17+,20+,23-,24+,25-;/m1./s1. The second-order valence-corrected chi connectivity index (χ2v) is 12.6. The molecule has 7 heteroatoms. The number of hydrogen-bond donors (Lipinski definition) is 2. The van der Waals surface area contributed by atoms with Gasteiger partial charge in [0.1, 0.15) is 0 Å². The summed E-state index contributed by atoms with van der Waals surface area (Å²) in [7, 11) is 1.35. The van der Waals surface area contributed by atoms with Gasteiger partial charge in [-0.2, -0.15) is 0 Å². The van der Waals surface area contributed by atoms with Crippen LogP contribution in [0.2, 0.25) is 0 Å². The Kier molecular flexibility index (Phi) is 9.05. The number of furan rings is 1. The smallest absolute Gasteiger partial charge is 0.313 e. The Labute approximate surface area is 232 Å². The number of carbonyl (C=O) groups excluding carboxylic acids is 2. The van der Waals surface area contributed by atoms with Crippen molar-refractivity contribution in [2.24, 2.45) is 34.0 Å². The summed E-state index contributed by atoms with van der Waals surface area (Å²) in [4.78, 5) is 38.9. The monoisotopic (exact) mass is 542 g/mol. The minimum atomic E-state index is -1.20. The molecule has 1 aromatic heterocycles. The van der Waals surface area contributed by atoms with Crippen LogP contribution in [0.3, 0.4) is 0 Å². The number of carbonyl (C=O) groups is 3. The molecule has 2 N–H and O–H groups in total. The number of allylic oxidation sites excluding steroid dienone is 2. The van der Waals surface area contributed by atoms with E-state index in [1.807, 2.05) is 26.8 Å². The molecule has 216 valence electrons. The number of rotatable bonds is 6. The maximum atomic E-state index is 13.6. The van der Waals surface area contributed by atoms with Crippen LogP contribution in [0.5, 0.6) is 0 Å². The van der Waals surface area contributed by atoms with E-state index in [0.717, 1.165) is 17.6 Å². The number of aliphatic hydroxyl groups excluding tert-OH is 1. The van der Waals surface area contributed by atoms with Gasteiger partial charge in [0, 0.05) is 5.41 Å². The summed E-state index contributed by atoms with van der Waals surface area (Å²) in [6, 6.07) is 1.99.